The van der Waals surface area contributed by atoms with Crippen molar-refractivity contribution in [2.45, 2.75) is 42.2 Å². The number of carbonyl (C=O) groups is 1. The molecule has 0 spiro atoms. The Hall–Kier alpha value is -2.39. The smallest absolute Gasteiger partial charge is 0.272 e. The van der Waals surface area contributed by atoms with Crippen LogP contribution in [-0.2, 0) is 10.0 Å². The Labute approximate surface area is 156 Å². The molecule has 2 N–H and O–H groups in total. The second-order valence-electron chi connectivity index (χ2n) is 7.38. The first-order valence-corrected chi connectivity index (χ1v) is 10.6. The van der Waals surface area contributed by atoms with E-state index in [9.17, 15) is 13.2 Å². The van der Waals surface area contributed by atoms with Gasteiger partial charge in [0, 0.05) is 24.2 Å². The van der Waals surface area contributed by atoms with Crippen LogP contribution in [0.3, 0.4) is 0 Å². The molecule has 0 radical (unpaired) electrons. The van der Waals surface area contributed by atoms with Crippen molar-refractivity contribution in [3.05, 3.63) is 41.7 Å². The molecule has 1 aromatic heterocycles. The number of rotatable bonds is 3. The third kappa shape index (κ3) is 2.90. The summed E-state index contributed by atoms with van der Waals surface area (Å²) < 4.78 is 33.2. The highest BCUT2D eigenvalue weighted by Gasteiger charge is 2.44. The number of hydrogen-bond donors (Lipinski definition) is 2. The molecule has 9 heteroatoms. The Morgan fingerprint density at radius 2 is 2.11 bits per heavy atom. The first kappa shape index (κ1) is 16.8. The lowest BCUT2D eigenvalue weighted by molar-refractivity contribution is 0.0933. The number of nitrogens with zero attached hydrogens (tertiary/aromatic N) is 2. The molecule has 27 heavy (non-hydrogen) atoms. The van der Waals surface area contributed by atoms with Crippen molar-refractivity contribution in [3.63, 3.8) is 0 Å². The second-order valence-corrected chi connectivity index (χ2v) is 9.23. The summed E-state index contributed by atoms with van der Waals surface area (Å²) in [7, 11) is -3.65. The van der Waals surface area contributed by atoms with Crippen LogP contribution < -0.4 is 10.1 Å². The van der Waals surface area contributed by atoms with Crippen molar-refractivity contribution < 1.29 is 17.9 Å². The standard InChI is InChI=1S/C18H20N4O4S/c23-18(15-8-14(20-21-15)11-5-6-11)19-12-7-13-10-26-16-3-1-2-4-17(16)27(24,25)22(13)9-12/h1-4,8,11-13H,5-7,9-10H2,(H,19,23)(H,20,21)/t12-,13-/m0/s1. The molecule has 2 fully saturated rings. The number of nitrogens with one attached hydrogen (secondary N) is 2. The molecule has 3 heterocycles. The van der Waals surface area contributed by atoms with Crippen molar-refractivity contribution in [1.29, 1.82) is 0 Å². The average Bonchev–Trinajstić information content (AvgIpc) is 3.26. The summed E-state index contributed by atoms with van der Waals surface area (Å²) in [6.45, 7) is 0.507. The summed E-state index contributed by atoms with van der Waals surface area (Å²) in [5, 5.41) is 9.93. The van der Waals surface area contributed by atoms with Crippen LogP contribution in [0.4, 0.5) is 0 Å². The third-order valence-corrected chi connectivity index (χ3v) is 7.37. The number of aromatic amines is 1. The summed E-state index contributed by atoms with van der Waals surface area (Å²) in [6.07, 6.45) is 2.77. The topological polar surface area (TPSA) is 104 Å². The van der Waals surface area contributed by atoms with Crippen molar-refractivity contribution in [2.24, 2.45) is 0 Å². The van der Waals surface area contributed by atoms with Gasteiger partial charge in [-0.1, -0.05) is 12.1 Å². The van der Waals surface area contributed by atoms with Gasteiger partial charge in [0.25, 0.3) is 5.91 Å². The molecule has 2 atom stereocenters. The van der Waals surface area contributed by atoms with E-state index in [1.165, 1.54) is 4.31 Å². The highest BCUT2D eigenvalue weighted by atomic mass is 32.2. The number of benzene rings is 1. The maximum absolute atomic E-state index is 13.0. The van der Waals surface area contributed by atoms with Gasteiger partial charge in [-0.2, -0.15) is 9.40 Å². The number of sulfonamides is 1. The third-order valence-electron chi connectivity index (χ3n) is 5.41. The van der Waals surface area contributed by atoms with E-state index >= 15 is 0 Å². The highest BCUT2D eigenvalue weighted by Crippen LogP contribution is 2.39. The van der Waals surface area contributed by atoms with E-state index in [0.29, 0.717) is 23.8 Å². The van der Waals surface area contributed by atoms with Crippen LogP contribution in [0.5, 0.6) is 5.75 Å². The monoisotopic (exact) mass is 388 g/mol. The molecule has 142 valence electrons. The summed E-state index contributed by atoms with van der Waals surface area (Å²) >= 11 is 0. The van der Waals surface area contributed by atoms with E-state index in [4.69, 9.17) is 4.74 Å². The Morgan fingerprint density at radius 3 is 2.93 bits per heavy atom. The molecule has 8 nitrogen and oxygen atoms in total. The molecule has 1 aromatic carbocycles. The van der Waals surface area contributed by atoms with E-state index in [1.54, 1.807) is 30.3 Å². The first-order valence-electron chi connectivity index (χ1n) is 9.12. The fraction of sp³-hybridized carbons (Fsp3) is 0.444. The number of hydrogen-bond acceptors (Lipinski definition) is 5. The Morgan fingerprint density at radius 1 is 1.30 bits per heavy atom. The summed E-state index contributed by atoms with van der Waals surface area (Å²) in [5.74, 6) is 0.599. The van der Waals surface area contributed by atoms with Crippen LogP contribution in [0.2, 0.25) is 0 Å². The van der Waals surface area contributed by atoms with Gasteiger partial charge < -0.3 is 10.1 Å². The van der Waals surface area contributed by atoms with Crippen LogP contribution in [0, 0.1) is 0 Å². The molecule has 0 unspecified atom stereocenters. The van der Waals surface area contributed by atoms with Gasteiger partial charge in [0.2, 0.25) is 10.0 Å². The van der Waals surface area contributed by atoms with Crippen LogP contribution in [0.1, 0.15) is 41.4 Å². The van der Waals surface area contributed by atoms with E-state index in [-0.39, 0.29) is 36.0 Å². The Kier molecular flexibility index (Phi) is 3.76. The van der Waals surface area contributed by atoms with Crippen LogP contribution in [0.25, 0.3) is 0 Å². The lowest BCUT2D eigenvalue weighted by atomic mass is 10.1. The molecule has 2 aliphatic heterocycles. The highest BCUT2D eigenvalue weighted by molar-refractivity contribution is 7.89. The van der Waals surface area contributed by atoms with Crippen molar-refractivity contribution >= 4 is 15.9 Å². The minimum Gasteiger partial charge on any atom is -0.490 e. The normalized spacial score (nSPS) is 26.5. The van der Waals surface area contributed by atoms with Gasteiger partial charge in [-0.15, -0.1) is 0 Å². The maximum atomic E-state index is 13.0. The van der Waals surface area contributed by atoms with Crippen molar-refractivity contribution in [2.75, 3.05) is 13.2 Å². The number of amides is 1. The predicted molar refractivity (Wildman–Crippen MR) is 96.1 cm³/mol. The molecule has 2 aromatic rings. The zero-order valence-corrected chi connectivity index (χ0v) is 15.4. The molecular weight excluding hydrogens is 368 g/mol. The number of aromatic nitrogens is 2. The summed E-state index contributed by atoms with van der Waals surface area (Å²) in [6, 6.07) is 7.89. The SMILES string of the molecule is O=C(N[C@H]1C[C@H]2COc3ccccc3S(=O)(=O)N2C1)c1cc(C2CC2)[nH]n1. The van der Waals surface area contributed by atoms with Crippen molar-refractivity contribution in [3.8, 4) is 5.75 Å². The van der Waals surface area contributed by atoms with Gasteiger partial charge in [0.05, 0.1) is 6.04 Å². The molecule has 1 amide bonds. The quantitative estimate of drug-likeness (QED) is 0.823. The minimum atomic E-state index is -3.65. The number of carbonyl (C=O) groups excluding carboxylic acids is 1. The van der Waals surface area contributed by atoms with Gasteiger partial charge in [-0.3, -0.25) is 9.89 Å². The second kappa shape index (κ2) is 6.07. The van der Waals surface area contributed by atoms with Crippen molar-refractivity contribution in [1.82, 2.24) is 19.8 Å². The molecule has 0 bridgehead atoms. The lowest BCUT2D eigenvalue weighted by Gasteiger charge is -2.19. The summed E-state index contributed by atoms with van der Waals surface area (Å²) in [5.41, 5.74) is 1.34. The zero-order valence-electron chi connectivity index (χ0n) is 14.6. The largest absolute Gasteiger partial charge is 0.490 e. The first-order chi connectivity index (χ1) is 13.0. The average molecular weight is 388 g/mol. The summed E-state index contributed by atoms with van der Waals surface area (Å²) in [4.78, 5) is 12.7. The zero-order chi connectivity index (χ0) is 18.6. The van der Waals surface area contributed by atoms with Gasteiger partial charge in [-0.25, -0.2) is 8.42 Å². The van der Waals surface area contributed by atoms with Gasteiger partial charge in [-0.05, 0) is 37.5 Å². The molecule has 1 saturated heterocycles. The molecular formula is C18H20N4O4S. The maximum Gasteiger partial charge on any atom is 0.272 e. The molecule has 1 saturated carbocycles. The Bertz CT molecular complexity index is 998. The van der Waals surface area contributed by atoms with E-state index in [0.717, 1.165) is 18.5 Å². The number of ether oxygens (including phenoxy) is 1. The fourth-order valence-corrected chi connectivity index (χ4v) is 5.65. The van der Waals surface area contributed by atoms with E-state index < -0.39 is 10.0 Å². The lowest BCUT2D eigenvalue weighted by Crippen LogP contribution is -2.39. The van der Waals surface area contributed by atoms with E-state index in [2.05, 4.69) is 15.5 Å². The van der Waals surface area contributed by atoms with Crippen LogP contribution in [0.15, 0.2) is 35.2 Å². The fourth-order valence-electron chi connectivity index (χ4n) is 3.85. The van der Waals surface area contributed by atoms with Gasteiger partial charge >= 0.3 is 0 Å². The Balaban J connectivity index is 1.33. The van der Waals surface area contributed by atoms with Crippen LogP contribution >= 0.6 is 0 Å². The minimum absolute atomic E-state index is 0.181. The predicted octanol–water partition coefficient (Wildman–Crippen LogP) is 1.24. The number of fused-ring (bicyclic) bond motifs is 2. The van der Waals surface area contributed by atoms with Gasteiger partial charge in [0.15, 0.2) is 0 Å². The van der Waals surface area contributed by atoms with E-state index in [1.807, 2.05) is 0 Å². The molecule has 3 aliphatic rings. The van der Waals surface area contributed by atoms with Gasteiger partial charge in [0.1, 0.15) is 22.9 Å². The van der Waals surface area contributed by atoms with Crippen LogP contribution in [-0.4, -0.2) is 54.1 Å². The molecule has 5 rings (SSSR count). The molecule has 1 aliphatic carbocycles. The number of H-pyrrole nitrogens is 1. The number of para-hydroxylation sites is 1.